The summed E-state index contributed by atoms with van der Waals surface area (Å²) in [4.78, 5) is 22.7. The van der Waals surface area contributed by atoms with E-state index < -0.39 is 0 Å². The molecule has 0 spiro atoms. The van der Waals surface area contributed by atoms with Crippen molar-refractivity contribution in [2.24, 2.45) is 5.92 Å². The van der Waals surface area contributed by atoms with Gasteiger partial charge in [-0.3, -0.25) is 9.59 Å². The molecule has 0 aliphatic heterocycles. The zero-order valence-corrected chi connectivity index (χ0v) is 8.35. The molecule has 2 rings (SSSR count). The highest BCUT2D eigenvalue weighted by atomic mass is 16.1. The number of carbonyl (C=O) groups is 2. The van der Waals surface area contributed by atoms with Crippen LogP contribution in [0.25, 0.3) is 0 Å². The van der Waals surface area contributed by atoms with Crippen LogP contribution >= 0.6 is 0 Å². The van der Waals surface area contributed by atoms with Crippen LogP contribution in [0.4, 0.5) is 0 Å². The molecule has 76 valence electrons. The highest BCUT2D eigenvalue weighted by molar-refractivity contribution is 6.05. The smallest absolute Gasteiger partial charge is 0.159 e. The third kappa shape index (κ3) is 2.40. The van der Waals surface area contributed by atoms with Crippen molar-refractivity contribution in [2.75, 3.05) is 0 Å². The van der Waals surface area contributed by atoms with Gasteiger partial charge in [0.15, 0.2) is 11.6 Å². The van der Waals surface area contributed by atoms with E-state index in [2.05, 4.69) is 0 Å². The summed E-state index contributed by atoms with van der Waals surface area (Å²) in [5.41, 5.74) is 1.11. The Hall–Kier alpha value is -1.70. The molecule has 0 heterocycles. The molecule has 0 fully saturated rings. The number of hydrogen-bond acceptors (Lipinski definition) is 2. The van der Waals surface area contributed by atoms with Gasteiger partial charge in [0.1, 0.15) is 0 Å². The summed E-state index contributed by atoms with van der Waals surface area (Å²) in [7, 11) is 0. The molecule has 15 heavy (non-hydrogen) atoms. The fourth-order valence-corrected chi connectivity index (χ4v) is 1.79. The Bertz CT molecular complexity index is 404. The zero-order chi connectivity index (χ0) is 10.7. The van der Waals surface area contributed by atoms with Crippen LogP contribution in [-0.2, 0) is 16.0 Å². The second-order valence-corrected chi connectivity index (χ2v) is 3.79. The molecule has 1 aliphatic rings. The summed E-state index contributed by atoms with van der Waals surface area (Å²) < 4.78 is 0. The molecule has 0 radical (unpaired) electrons. The highest BCUT2D eigenvalue weighted by Crippen LogP contribution is 2.18. The van der Waals surface area contributed by atoms with Crippen molar-refractivity contribution in [3.05, 3.63) is 48.0 Å². The third-order valence-corrected chi connectivity index (χ3v) is 2.61. The first-order valence-electron chi connectivity index (χ1n) is 5.04. The van der Waals surface area contributed by atoms with E-state index in [1.54, 1.807) is 0 Å². The summed E-state index contributed by atoms with van der Waals surface area (Å²) in [6.45, 7) is 0. The van der Waals surface area contributed by atoms with E-state index in [0.717, 1.165) is 5.56 Å². The van der Waals surface area contributed by atoms with Crippen LogP contribution in [0.3, 0.4) is 0 Å². The van der Waals surface area contributed by atoms with Crippen molar-refractivity contribution in [3.63, 3.8) is 0 Å². The lowest BCUT2D eigenvalue weighted by Crippen LogP contribution is -2.22. The molecular formula is C13H12O2. The first-order chi connectivity index (χ1) is 7.25. The third-order valence-electron chi connectivity index (χ3n) is 2.61. The maximum Gasteiger partial charge on any atom is 0.159 e. The van der Waals surface area contributed by atoms with Crippen LogP contribution in [0.5, 0.6) is 0 Å². The number of benzene rings is 1. The largest absolute Gasteiger partial charge is 0.295 e. The lowest BCUT2D eigenvalue weighted by atomic mass is 9.87. The van der Waals surface area contributed by atoms with Crippen molar-refractivity contribution in [3.8, 4) is 0 Å². The van der Waals surface area contributed by atoms with Crippen molar-refractivity contribution in [2.45, 2.75) is 12.8 Å². The Labute approximate surface area is 88.6 Å². The lowest BCUT2D eigenvalue weighted by molar-refractivity contribution is -0.124. The SMILES string of the molecule is O=C1C=CC(=O)C(Cc2ccccc2)C1. The van der Waals surface area contributed by atoms with Gasteiger partial charge in [-0.1, -0.05) is 30.3 Å². The predicted molar refractivity (Wildman–Crippen MR) is 57.4 cm³/mol. The summed E-state index contributed by atoms with van der Waals surface area (Å²) in [6.07, 6.45) is 3.79. The average molecular weight is 200 g/mol. The zero-order valence-electron chi connectivity index (χ0n) is 8.35. The maximum absolute atomic E-state index is 11.5. The van der Waals surface area contributed by atoms with E-state index in [-0.39, 0.29) is 17.5 Å². The van der Waals surface area contributed by atoms with Gasteiger partial charge in [-0.15, -0.1) is 0 Å². The van der Waals surface area contributed by atoms with E-state index in [1.807, 2.05) is 30.3 Å². The molecule has 1 aromatic rings. The number of allylic oxidation sites excluding steroid dienone is 2. The Kier molecular flexibility index (Phi) is 2.77. The standard InChI is InChI=1S/C13H12O2/c14-12-6-7-13(15)11(9-12)8-10-4-2-1-3-5-10/h1-7,11H,8-9H2. The minimum atomic E-state index is -0.162. The first-order valence-corrected chi connectivity index (χ1v) is 5.04. The lowest BCUT2D eigenvalue weighted by Gasteiger charge is -2.15. The van der Waals surface area contributed by atoms with Crippen LogP contribution in [0.15, 0.2) is 42.5 Å². The fraction of sp³-hybridized carbons (Fsp3) is 0.231. The van der Waals surface area contributed by atoms with Crippen LogP contribution in [0.2, 0.25) is 0 Å². The van der Waals surface area contributed by atoms with Gasteiger partial charge in [-0.25, -0.2) is 0 Å². The highest BCUT2D eigenvalue weighted by Gasteiger charge is 2.22. The van der Waals surface area contributed by atoms with Gasteiger partial charge < -0.3 is 0 Å². The van der Waals surface area contributed by atoms with Crippen molar-refractivity contribution < 1.29 is 9.59 Å². The van der Waals surface area contributed by atoms with Crippen molar-refractivity contribution in [1.29, 1.82) is 0 Å². The van der Waals surface area contributed by atoms with E-state index in [0.29, 0.717) is 12.8 Å². The normalized spacial score (nSPS) is 20.7. The molecule has 0 aromatic heterocycles. The van der Waals surface area contributed by atoms with Gasteiger partial charge >= 0.3 is 0 Å². The van der Waals surface area contributed by atoms with E-state index in [1.165, 1.54) is 12.2 Å². The molecule has 1 unspecified atom stereocenters. The van der Waals surface area contributed by atoms with E-state index in [4.69, 9.17) is 0 Å². The Balaban J connectivity index is 2.10. The fourth-order valence-electron chi connectivity index (χ4n) is 1.79. The van der Waals surface area contributed by atoms with E-state index >= 15 is 0 Å². The van der Waals surface area contributed by atoms with Crippen LogP contribution < -0.4 is 0 Å². The Morgan fingerprint density at radius 2 is 1.80 bits per heavy atom. The minimum Gasteiger partial charge on any atom is -0.295 e. The van der Waals surface area contributed by atoms with Gasteiger partial charge in [0, 0.05) is 12.3 Å². The van der Waals surface area contributed by atoms with Crippen LogP contribution in [-0.4, -0.2) is 11.6 Å². The molecule has 2 heteroatoms. The molecule has 1 atom stereocenters. The molecular weight excluding hydrogens is 188 g/mol. The Morgan fingerprint density at radius 1 is 1.07 bits per heavy atom. The molecule has 0 saturated heterocycles. The van der Waals surface area contributed by atoms with Crippen molar-refractivity contribution >= 4 is 11.6 Å². The summed E-state index contributed by atoms with van der Waals surface area (Å²) in [5.74, 6) is -0.0427. The number of carbonyl (C=O) groups excluding carboxylic acids is 2. The van der Waals surface area contributed by atoms with Gasteiger partial charge in [-0.05, 0) is 24.1 Å². The second kappa shape index (κ2) is 4.22. The quantitative estimate of drug-likeness (QED) is 0.731. The van der Waals surface area contributed by atoms with Gasteiger partial charge in [0.25, 0.3) is 0 Å². The number of rotatable bonds is 2. The van der Waals surface area contributed by atoms with Gasteiger partial charge in [0.2, 0.25) is 0 Å². The van der Waals surface area contributed by atoms with Crippen LogP contribution in [0, 0.1) is 5.92 Å². The summed E-state index contributed by atoms with van der Waals surface area (Å²) >= 11 is 0. The molecule has 0 bridgehead atoms. The molecule has 1 aromatic carbocycles. The number of hydrogen-bond donors (Lipinski definition) is 0. The molecule has 0 saturated carbocycles. The van der Waals surface area contributed by atoms with Gasteiger partial charge in [-0.2, -0.15) is 0 Å². The second-order valence-electron chi connectivity index (χ2n) is 3.79. The molecule has 0 amide bonds. The van der Waals surface area contributed by atoms with Crippen molar-refractivity contribution in [1.82, 2.24) is 0 Å². The molecule has 2 nitrogen and oxygen atoms in total. The maximum atomic E-state index is 11.5. The summed E-state index contributed by atoms with van der Waals surface area (Å²) in [6, 6.07) is 9.80. The minimum absolute atomic E-state index is 0.0514. The van der Waals surface area contributed by atoms with Gasteiger partial charge in [0.05, 0.1) is 0 Å². The molecule has 1 aliphatic carbocycles. The average Bonchev–Trinajstić information content (AvgIpc) is 2.25. The van der Waals surface area contributed by atoms with Crippen LogP contribution in [0.1, 0.15) is 12.0 Å². The molecule has 0 N–H and O–H groups in total. The predicted octanol–water partition coefficient (Wildman–Crippen LogP) is 1.94. The monoisotopic (exact) mass is 200 g/mol. The Morgan fingerprint density at radius 3 is 2.53 bits per heavy atom. The summed E-state index contributed by atoms with van der Waals surface area (Å²) in [5, 5.41) is 0. The topological polar surface area (TPSA) is 34.1 Å². The first kappa shape index (κ1) is 9.84. The van der Waals surface area contributed by atoms with E-state index in [9.17, 15) is 9.59 Å². The number of ketones is 2.